The van der Waals surface area contributed by atoms with Gasteiger partial charge >= 0.3 is 0 Å². The molecule has 1 heterocycles. The molecule has 1 saturated heterocycles. The highest BCUT2D eigenvalue weighted by atomic mass is 16.5. The van der Waals surface area contributed by atoms with E-state index >= 15 is 0 Å². The lowest BCUT2D eigenvalue weighted by Gasteiger charge is -2.59. The van der Waals surface area contributed by atoms with E-state index in [0.29, 0.717) is 5.41 Å². The van der Waals surface area contributed by atoms with Gasteiger partial charge in [-0.1, -0.05) is 32.3 Å². The van der Waals surface area contributed by atoms with Crippen LogP contribution in [0, 0.1) is 11.8 Å². The molecular weight excluding hydrogens is 318 g/mol. The molecule has 0 amide bonds. The standard InChI is InChI=1S/C24H35NO/c1-2-3-14-26-20-10-9-19-15-23-21-6-4-5-11-24(21,22(19)16-20)12-13-25(23)17-18-7-8-18/h9-10,16,18,21,23H,2-8,11-15,17H2,1H3. The Kier molecular flexibility index (Phi) is 4.51. The van der Waals surface area contributed by atoms with Crippen LogP contribution >= 0.6 is 0 Å². The third-order valence-corrected chi connectivity index (χ3v) is 7.88. The predicted octanol–water partition coefficient (Wildman–Crippen LogP) is 5.33. The van der Waals surface area contributed by atoms with Gasteiger partial charge in [0.15, 0.2) is 0 Å². The minimum Gasteiger partial charge on any atom is -0.494 e. The smallest absolute Gasteiger partial charge is 0.119 e. The lowest BCUT2D eigenvalue weighted by Crippen LogP contribution is -2.61. The highest BCUT2D eigenvalue weighted by molar-refractivity contribution is 5.45. The second kappa shape index (κ2) is 6.86. The number of benzene rings is 1. The number of nitrogens with zero attached hydrogens (tertiary/aromatic N) is 1. The molecule has 26 heavy (non-hydrogen) atoms. The molecule has 142 valence electrons. The van der Waals surface area contributed by atoms with Gasteiger partial charge in [-0.25, -0.2) is 0 Å². The second-order valence-corrected chi connectivity index (χ2v) is 9.49. The van der Waals surface area contributed by atoms with E-state index in [9.17, 15) is 0 Å². The van der Waals surface area contributed by atoms with E-state index in [-0.39, 0.29) is 0 Å². The maximum atomic E-state index is 6.10. The minimum absolute atomic E-state index is 0.459. The van der Waals surface area contributed by atoms with E-state index in [1.165, 1.54) is 70.9 Å². The summed E-state index contributed by atoms with van der Waals surface area (Å²) >= 11 is 0. The molecule has 3 atom stereocenters. The van der Waals surface area contributed by atoms with E-state index in [1.807, 2.05) is 0 Å². The van der Waals surface area contributed by atoms with Crippen LogP contribution < -0.4 is 4.74 Å². The highest BCUT2D eigenvalue weighted by Gasteiger charge is 2.54. The Morgan fingerprint density at radius 3 is 2.92 bits per heavy atom. The van der Waals surface area contributed by atoms with Crippen molar-refractivity contribution in [3.8, 4) is 5.75 Å². The zero-order valence-corrected chi connectivity index (χ0v) is 16.5. The number of fused-ring (bicyclic) bond motifs is 1. The van der Waals surface area contributed by atoms with Crippen molar-refractivity contribution in [1.82, 2.24) is 4.90 Å². The number of rotatable bonds is 6. The van der Waals surface area contributed by atoms with Crippen LogP contribution in [0.1, 0.15) is 75.8 Å². The lowest BCUT2D eigenvalue weighted by atomic mass is 9.52. The van der Waals surface area contributed by atoms with Gasteiger partial charge < -0.3 is 4.74 Å². The van der Waals surface area contributed by atoms with Crippen LogP contribution in [-0.2, 0) is 11.8 Å². The van der Waals surface area contributed by atoms with Crippen molar-refractivity contribution in [1.29, 1.82) is 0 Å². The van der Waals surface area contributed by atoms with E-state index in [1.54, 1.807) is 11.1 Å². The predicted molar refractivity (Wildman–Crippen MR) is 107 cm³/mol. The number of piperidine rings is 1. The number of hydrogen-bond donors (Lipinski definition) is 0. The van der Waals surface area contributed by atoms with Gasteiger partial charge in [0.1, 0.15) is 5.75 Å². The summed E-state index contributed by atoms with van der Waals surface area (Å²) in [6.07, 6.45) is 13.7. The Hall–Kier alpha value is -1.02. The van der Waals surface area contributed by atoms with Gasteiger partial charge in [0, 0.05) is 18.0 Å². The van der Waals surface area contributed by atoms with Gasteiger partial charge in [-0.15, -0.1) is 0 Å². The van der Waals surface area contributed by atoms with Crippen LogP contribution in [-0.4, -0.2) is 30.6 Å². The third-order valence-electron chi connectivity index (χ3n) is 7.88. The van der Waals surface area contributed by atoms with Gasteiger partial charge in [-0.2, -0.15) is 0 Å². The molecule has 0 N–H and O–H groups in total. The van der Waals surface area contributed by atoms with Crippen molar-refractivity contribution in [3.05, 3.63) is 29.3 Å². The molecule has 2 saturated carbocycles. The quantitative estimate of drug-likeness (QED) is 0.641. The molecular formula is C24H35NO. The van der Waals surface area contributed by atoms with Crippen molar-refractivity contribution in [2.24, 2.45) is 11.8 Å². The molecule has 1 aromatic rings. The van der Waals surface area contributed by atoms with Crippen LogP contribution in [0.2, 0.25) is 0 Å². The average molecular weight is 354 g/mol. The first kappa shape index (κ1) is 17.1. The maximum absolute atomic E-state index is 6.10. The maximum Gasteiger partial charge on any atom is 0.119 e. The Bertz CT molecular complexity index is 652. The molecule has 3 fully saturated rings. The summed E-state index contributed by atoms with van der Waals surface area (Å²) in [7, 11) is 0. The van der Waals surface area contributed by atoms with Gasteiger partial charge in [-0.3, -0.25) is 4.90 Å². The molecule has 3 aliphatic carbocycles. The monoisotopic (exact) mass is 353 g/mol. The van der Waals surface area contributed by atoms with E-state index < -0.39 is 0 Å². The number of hydrogen-bond acceptors (Lipinski definition) is 2. The largest absolute Gasteiger partial charge is 0.494 e. The van der Waals surface area contributed by atoms with Crippen molar-refractivity contribution < 1.29 is 4.74 Å². The molecule has 2 bridgehead atoms. The third kappa shape index (κ3) is 2.89. The van der Waals surface area contributed by atoms with Gasteiger partial charge in [0.25, 0.3) is 0 Å². The van der Waals surface area contributed by atoms with Crippen molar-refractivity contribution in [2.75, 3.05) is 19.7 Å². The molecule has 0 aromatic heterocycles. The molecule has 1 aliphatic heterocycles. The number of unbranched alkanes of at least 4 members (excludes halogenated alkanes) is 1. The van der Waals surface area contributed by atoms with Crippen LogP contribution in [0.25, 0.3) is 0 Å². The van der Waals surface area contributed by atoms with Crippen molar-refractivity contribution >= 4 is 0 Å². The topological polar surface area (TPSA) is 12.5 Å². The Morgan fingerprint density at radius 2 is 2.08 bits per heavy atom. The summed E-state index contributed by atoms with van der Waals surface area (Å²) in [5.74, 6) is 3.03. The fourth-order valence-corrected chi connectivity index (χ4v) is 6.35. The van der Waals surface area contributed by atoms with Gasteiger partial charge in [0.2, 0.25) is 0 Å². The Balaban J connectivity index is 1.46. The molecule has 1 aromatic carbocycles. The van der Waals surface area contributed by atoms with Crippen LogP contribution in [0.4, 0.5) is 0 Å². The zero-order valence-electron chi connectivity index (χ0n) is 16.5. The number of ether oxygens (including phenoxy) is 1. The average Bonchev–Trinajstić information content (AvgIpc) is 3.49. The summed E-state index contributed by atoms with van der Waals surface area (Å²) in [6.45, 7) is 5.81. The molecule has 2 heteroatoms. The first-order valence-electron chi connectivity index (χ1n) is 11.3. The van der Waals surface area contributed by atoms with Crippen LogP contribution in [0.15, 0.2) is 18.2 Å². The Labute approximate surface area is 159 Å². The van der Waals surface area contributed by atoms with Crippen LogP contribution in [0.3, 0.4) is 0 Å². The van der Waals surface area contributed by atoms with Gasteiger partial charge in [0.05, 0.1) is 6.61 Å². The normalized spacial score (nSPS) is 33.4. The molecule has 2 nitrogen and oxygen atoms in total. The lowest BCUT2D eigenvalue weighted by molar-refractivity contribution is -0.0135. The van der Waals surface area contributed by atoms with E-state index in [4.69, 9.17) is 4.74 Å². The molecule has 5 rings (SSSR count). The fraction of sp³-hybridized carbons (Fsp3) is 0.750. The Morgan fingerprint density at radius 1 is 1.15 bits per heavy atom. The second-order valence-electron chi connectivity index (χ2n) is 9.49. The molecule has 0 spiro atoms. The summed E-state index contributed by atoms with van der Waals surface area (Å²) in [5, 5.41) is 0. The minimum atomic E-state index is 0.459. The SMILES string of the molecule is CCCCOc1ccc2c(c1)C13CCCCC1C(C2)N(CC1CC1)CC3. The molecule has 0 radical (unpaired) electrons. The summed E-state index contributed by atoms with van der Waals surface area (Å²) in [5.41, 5.74) is 3.77. The molecule has 3 unspecified atom stereocenters. The summed E-state index contributed by atoms with van der Waals surface area (Å²) < 4.78 is 6.10. The summed E-state index contributed by atoms with van der Waals surface area (Å²) in [4.78, 5) is 2.90. The fourth-order valence-electron chi connectivity index (χ4n) is 6.35. The molecule has 4 aliphatic rings. The van der Waals surface area contributed by atoms with Crippen molar-refractivity contribution in [3.63, 3.8) is 0 Å². The van der Waals surface area contributed by atoms with Crippen LogP contribution in [0.5, 0.6) is 5.75 Å². The highest BCUT2D eigenvalue weighted by Crippen LogP contribution is 2.56. The number of likely N-dealkylation sites (tertiary alicyclic amines) is 1. The van der Waals surface area contributed by atoms with E-state index in [0.717, 1.165) is 36.7 Å². The van der Waals surface area contributed by atoms with Gasteiger partial charge in [-0.05, 0) is 86.6 Å². The zero-order chi connectivity index (χ0) is 17.6. The van der Waals surface area contributed by atoms with Crippen molar-refractivity contribution in [2.45, 2.75) is 82.6 Å². The summed E-state index contributed by atoms with van der Waals surface area (Å²) in [6, 6.07) is 7.92. The van der Waals surface area contributed by atoms with E-state index in [2.05, 4.69) is 30.0 Å². The first-order valence-corrected chi connectivity index (χ1v) is 11.3. The first-order chi connectivity index (χ1) is 12.8.